The Balaban J connectivity index is 1.50. The summed E-state index contributed by atoms with van der Waals surface area (Å²) in [5.74, 6) is 0. The highest BCUT2D eigenvalue weighted by Gasteiger charge is 2.22. The number of benzene rings is 1. The topological polar surface area (TPSA) is 75.8 Å². The molecule has 0 bridgehead atoms. The molecule has 0 spiro atoms. The van der Waals surface area contributed by atoms with Gasteiger partial charge in [0.15, 0.2) is 0 Å². The molecule has 24 heavy (non-hydrogen) atoms. The molecule has 3 N–H and O–H groups in total. The first-order valence-electron chi connectivity index (χ1n) is 8.70. The third kappa shape index (κ3) is 3.07. The Morgan fingerprint density at radius 2 is 2.29 bits per heavy atom. The van der Waals surface area contributed by atoms with Gasteiger partial charge in [-0.2, -0.15) is 0 Å². The van der Waals surface area contributed by atoms with Crippen LogP contribution in [0.3, 0.4) is 0 Å². The van der Waals surface area contributed by atoms with E-state index in [4.69, 9.17) is 5.73 Å². The molecule has 2 aromatic heterocycles. The molecule has 3 aromatic rings. The van der Waals surface area contributed by atoms with Gasteiger partial charge in [0.1, 0.15) is 0 Å². The van der Waals surface area contributed by atoms with E-state index < -0.39 is 0 Å². The van der Waals surface area contributed by atoms with Gasteiger partial charge in [0.25, 0.3) is 0 Å². The molecule has 6 heteroatoms. The molecule has 3 heterocycles. The van der Waals surface area contributed by atoms with Gasteiger partial charge in [0.05, 0.1) is 12.7 Å². The van der Waals surface area contributed by atoms with Crippen LogP contribution >= 0.6 is 0 Å². The van der Waals surface area contributed by atoms with E-state index in [-0.39, 0.29) is 0 Å². The van der Waals surface area contributed by atoms with Crippen molar-refractivity contribution in [1.29, 1.82) is 0 Å². The fourth-order valence-corrected chi connectivity index (χ4v) is 3.76. The molecule has 1 unspecified atom stereocenters. The summed E-state index contributed by atoms with van der Waals surface area (Å²) in [5, 5.41) is 9.23. The minimum absolute atomic E-state index is 0.568. The Labute approximate surface area is 141 Å². The number of nitrogens with zero attached hydrogens (tertiary/aromatic N) is 4. The molecule has 0 amide bonds. The zero-order valence-corrected chi connectivity index (χ0v) is 13.9. The second-order valence-corrected chi connectivity index (χ2v) is 6.61. The number of H-pyrrole nitrogens is 1. The third-order valence-corrected chi connectivity index (χ3v) is 5.09. The Morgan fingerprint density at radius 3 is 3.12 bits per heavy atom. The minimum Gasteiger partial charge on any atom is -0.361 e. The van der Waals surface area contributed by atoms with E-state index in [1.165, 1.54) is 41.4 Å². The first-order chi connectivity index (χ1) is 11.8. The van der Waals surface area contributed by atoms with Crippen LogP contribution in [0.4, 0.5) is 0 Å². The predicted octanol–water partition coefficient (Wildman–Crippen LogP) is 1.77. The maximum atomic E-state index is 5.89. The normalized spacial score (nSPS) is 18.6. The van der Waals surface area contributed by atoms with Gasteiger partial charge in [-0.05, 0) is 49.1 Å². The van der Waals surface area contributed by atoms with Crippen LogP contribution in [0.25, 0.3) is 10.9 Å². The Hall–Kier alpha value is -2.18. The SMILES string of the molecule is NCC1CCCN1CCc1c[nH]c2ccc(Cn3ccnn3)cc12. The number of aromatic nitrogens is 4. The van der Waals surface area contributed by atoms with Crippen LogP contribution in [0.1, 0.15) is 24.0 Å². The van der Waals surface area contributed by atoms with E-state index in [1.54, 1.807) is 6.20 Å². The second kappa shape index (κ2) is 6.75. The van der Waals surface area contributed by atoms with Crippen LogP contribution in [0.15, 0.2) is 36.8 Å². The first-order valence-corrected chi connectivity index (χ1v) is 8.70. The molecule has 0 radical (unpaired) electrons. The van der Waals surface area contributed by atoms with E-state index in [2.05, 4.69) is 44.6 Å². The minimum atomic E-state index is 0.568. The van der Waals surface area contributed by atoms with E-state index in [0.29, 0.717) is 6.04 Å². The van der Waals surface area contributed by atoms with Gasteiger partial charge in [-0.1, -0.05) is 11.3 Å². The van der Waals surface area contributed by atoms with Gasteiger partial charge in [-0.3, -0.25) is 4.90 Å². The highest BCUT2D eigenvalue weighted by atomic mass is 15.4. The monoisotopic (exact) mass is 324 g/mol. The maximum absolute atomic E-state index is 5.89. The van der Waals surface area contributed by atoms with Crippen molar-refractivity contribution in [2.75, 3.05) is 19.6 Å². The molecule has 126 valence electrons. The number of likely N-dealkylation sites (tertiary alicyclic amines) is 1. The van der Waals surface area contributed by atoms with E-state index >= 15 is 0 Å². The average molecular weight is 324 g/mol. The lowest BCUT2D eigenvalue weighted by Crippen LogP contribution is -2.36. The lowest BCUT2D eigenvalue weighted by Gasteiger charge is -2.22. The highest BCUT2D eigenvalue weighted by Crippen LogP contribution is 2.23. The third-order valence-electron chi connectivity index (χ3n) is 5.09. The van der Waals surface area contributed by atoms with Crippen LogP contribution in [-0.4, -0.2) is 50.6 Å². The number of nitrogens with two attached hydrogens (primary N) is 1. The van der Waals surface area contributed by atoms with E-state index in [9.17, 15) is 0 Å². The number of hydrogen-bond donors (Lipinski definition) is 2. The standard InChI is InChI=1S/C18H24N6/c19-11-16-2-1-7-23(16)8-5-15-12-20-18-4-3-14(10-17(15)18)13-24-9-6-21-22-24/h3-4,6,9-10,12,16,20H,1-2,5,7-8,11,13,19H2. The van der Waals surface area contributed by atoms with Crippen molar-refractivity contribution in [3.63, 3.8) is 0 Å². The van der Waals surface area contributed by atoms with Crippen molar-refractivity contribution in [3.8, 4) is 0 Å². The molecular formula is C18H24N6. The Kier molecular flexibility index (Phi) is 4.32. The summed E-state index contributed by atoms with van der Waals surface area (Å²) in [5.41, 5.74) is 9.71. The molecule has 0 aliphatic carbocycles. The van der Waals surface area contributed by atoms with Crippen LogP contribution in [0, 0.1) is 0 Å². The molecule has 6 nitrogen and oxygen atoms in total. The van der Waals surface area contributed by atoms with Gasteiger partial charge in [-0.25, -0.2) is 4.68 Å². The summed E-state index contributed by atoms with van der Waals surface area (Å²) in [7, 11) is 0. The van der Waals surface area contributed by atoms with Gasteiger partial charge < -0.3 is 10.7 Å². The molecule has 0 saturated carbocycles. The number of aromatic amines is 1. The fourth-order valence-electron chi connectivity index (χ4n) is 3.76. The van der Waals surface area contributed by atoms with E-state index in [0.717, 1.165) is 26.1 Å². The number of rotatable bonds is 6. The van der Waals surface area contributed by atoms with Crippen molar-refractivity contribution in [2.45, 2.75) is 31.8 Å². The van der Waals surface area contributed by atoms with Gasteiger partial charge in [0, 0.05) is 42.4 Å². The molecule has 1 atom stereocenters. The van der Waals surface area contributed by atoms with Gasteiger partial charge in [0.2, 0.25) is 0 Å². The summed E-state index contributed by atoms with van der Waals surface area (Å²) < 4.78 is 1.85. The summed E-state index contributed by atoms with van der Waals surface area (Å²) in [6, 6.07) is 7.14. The number of fused-ring (bicyclic) bond motifs is 1. The Bertz CT molecular complexity index is 791. The summed E-state index contributed by atoms with van der Waals surface area (Å²) in [6.45, 7) is 3.79. The largest absolute Gasteiger partial charge is 0.361 e. The van der Waals surface area contributed by atoms with Crippen LogP contribution in [-0.2, 0) is 13.0 Å². The lowest BCUT2D eigenvalue weighted by molar-refractivity contribution is 0.262. The molecule has 1 aliphatic heterocycles. The quantitative estimate of drug-likeness (QED) is 0.724. The highest BCUT2D eigenvalue weighted by molar-refractivity contribution is 5.83. The van der Waals surface area contributed by atoms with Crippen LogP contribution < -0.4 is 5.73 Å². The molecule has 1 fully saturated rings. The van der Waals surface area contributed by atoms with Gasteiger partial charge >= 0.3 is 0 Å². The molecule has 4 rings (SSSR count). The lowest BCUT2D eigenvalue weighted by atomic mass is 10.1. The summed E-state index contributed by atoms with van der Waals surface area (Å²) in [6.07, 6.45) is 9.33. The van der Waals surface area contributed by atoms with Crippen molar-refractivity contribution in [3.05, 3.63) is 47.9 Å². The van der Waals surface area contributed by atoms with Crippen molar-refractivity contribution < 1.29 is 0 Å². The van der Waals surface area contributed by atoms with E-state index in [1.807, 2.05) is 10.9 Å². The fraction of sp³-hybridized carbons (Fsp3) is 0.444. The zero-order valence-electron chi connectivity index (χ0n) is 13.9. The van der Waals surface area contributed by atoms with Crippen molar-refractivity contribution in [1.82, 2.24) is 24.9 Å². The summed E-state index contributed by atoms with van der Waals surface area (Å²) in [4.78, 5) is 5.94. The maximum Gasteiger partial charge on any atom is 0.0693 e. The molecule has 1 aromatic carbocycles. The predicted molar refractivity (Wildman–Crippen MR) is 94.8 cm³/mol. The first kappa shape index (κ1) is 15.4. The number of hydrogen-bond acceptors (Lipinski definition) is 4. The molecular weight excluding hydrogens is 300 g/mol. The van der Waals surface area contributed by atoms with Crippen LogP contribution in [0.5, 0.6) is 0 Å². The smallest absolute Gasteiger partial charge is 0.0693 e. The van der Waals surface area contributed by atoms with Crippen molar-refractivity contribution in [2.24, 2.45) is 5.73 Å². The Morgan fingerprint density at radius 1 is 1.33 bits per heavy atom. The zero-order chi connectivity index (χ0) is 16.4. The van der Waals surface area contributed by atoms with Gasteiger partial charge in [-0.15, -0.1) is 5.10 Å². The molecule has 1 aliphatic rings. The van der Waals surface area contributed by atoms with Crippen LogP contribution in [0.2, 0.25) is 0 Å². The summed E-state index contributed by atoms with van der Waals surface area (Å²) >= 11 is 0. The second-order valence-electron chi connectivity index (χ2n) is 6.61. The number of nitrogens with one attached hydrogen (secondary N) is 1. The average Bonchev–Trinajstić information content (AvgIpc) is 3.33. The van der Waals surface area contributed by atoms with Crippen molar-refractivity contribution >= 4 is 10.9 Å². The molecule has 1 saturated heterocycles.